The third-order valence-corrected chi connectivity index (χ3v) is 3.22. The van der Waals surface area contributed by atoms with E-state index < -0.39 is 5.82 Å². The molecule has 0 spiro atoms. The molecule has 0 amide bonds. The monoisotopic (exact) mass is 284 g/mol. The van der Waals surface area contributed by atoms with Crippen LogP contribution in [0.3, 0.4) is 0 Å². The second-order valence-electron chi connectivity index (χ2n) is 3.91. The highest BCUT2D eigenvalue weighted by molar-refractivity contribution is 6.31. The molecule has 0 fully saturated rings. The topological polar surface area (TPSA) is 9.23 Å². The smallest absolute Gasteiger partial charge is 0.142 e. The lowest BCUT2D eigenvalue weighted by atomic mass is 10.2. The van der Waals surface area contributed by atoms with Gasteiger partial charge in [0.1, 0.15) is 18.2 Å². The van der Waals surface area contributed by atoms with E-state index in [2.05, 4.69) is 0 Å². The third kappa shape index (κ3) is 2.95. The summed E-state index contributed by atoms with van der Waals surface area (Å²) in [4.78, 5) is 0. The summed E-state index contributed by atoms with van der Waals surface area (Å²) in [6, 6.07) is 10.0. The Kier molecular flexibility index (Phi) is 4.10. The molecule has 2 aromatic rings. The Morgan fingerprint density at radius 2 is 1.94 bits per heavy atom. The predicted octanol–water partition coefficient (Wildman–Crippen LogP) is 5.02. The molecule has 0 saturated carbocycles. The van der Waals surface area contributed by atoms with E-state index in [0.29, 0.717) is 16.3 Å². The molecule has 0 N–H and O–H groups in total. The van der Waals surface area contributed by atoms with Gasteiger partial charge in [-0.3, -0.25) is 0 Å². The molecule has 0 heterocycles. The zero-order valence-electron chi connectivity index (χ0n) is 9.71. The van der Waals surface area contributed by atoms with E-state index in [9.17, 15) is 4.39 Å². The summed E-state index contributed by atoms with van der Waals surface area (Å²) < 4.78 is 18.8. The van der Waals surface area contributed by atoms with Crippen LogP contribution in [0.4, 0.5) is 4.39 Å². The van der Waals surface area contributed by atoms with Crippen LogP contribution in [-0.2, 0) is 6.61 Å². The standard InChI is InChI=1S/C14H11Cl2FO/c1-9-5-6-11(15)7-13(9)18-8-10-3-2-4-12(17)14(10)16/h2-7H,8H2,1H3. The molecule has 2 rings (SSSR count). The molecular weight excluding hydrogens is 274 g/mol. The van der Waals surface area contributed by atoms with Crippen molar-refractivity contribution in [3.63, 3.8) is 0 Å². The molecule has 0 bridgehead atoms. The number of ether oxygens (including phenoxy) is 1. The lowest BCUT2D eigenvalue weighted by Crippen LogP contribution is -1.98. The van der Waals surface area contributed by atoms with Gasteiger partial charge in [0.25, 0.3) is 0 Å². The molecule has 1 nitrogen and oxygen atoms in total. The molecular formula is C14H11Cl2FO. The van der Waals surface area contributed by atoms with Crippen molar-refractivity contribution in [1.82, 2.24) is 0 Å². The number of hydrogen-bond acceptors (Lipinski definition) is 1. The maximum Gasteiger partial charge on any atom is 0.142 e. The van der Waals surface area contributed by atoms with Crippen molar-refractivity contribution in [2.75, 3.05) is 0 Å². The van der Waals surface area contributed by atoms with Crippen LogP contribution in [0.1, 0.15) is 11.1 Å². The molecule has 0 aliphatic carbocycles. The minimum absolute atomic E-state index is 0.0946. The minimum Gasteiger partial charge on any atom is -0.489 e. The minimum atomic E-state index is -0.444. The highest BCUT2D eigenvalue weighted by atomic mass is 35.5. The van der Waals surface area contributed by atoms with Crippen LogP contribution in [0.5, 0.6) is 5.75 Å². The summed E-state index contributed by atoms with van der Waals surface area (Å²) in [6.07, 6.45) is 0. The predicted molar refractivity (Wildman–Crippen MR) is 71.9 cm³/mol. The quantitative estimate of drug-likeness (QED) is 0.769. The summed E-state index contributed by atoms with van der Waals surface area (Å²) in [5, 5.41) is 0.693. The van der Waals surface area contributed by atoms with Gasteiger partial charge >= 0.3 is 0 Å². The molecule has 18 heavy (non-hydrogen) atoms. The van der Waals surface area contributed by atoms with E-state index in [1.54, 1.807) is 24.3 Å². The molecule has 0 atom stereocenters. The summed E-state index contributed by atoms with van der Waals surface area (Å²) in [7, 11) is 0. The van der Waals surface area contributed by atoms with Crippen LogP contribution in [-0.4, -0.2) is 0 Å². The zero-order valence-corrected chi connectivity index (χ0v) is 11.2. The number of aryl methyl sites for hydroxylation is 1. The van der Waals surface area contributed by atoms with Gasteiger partial charge in [0.15, 0.2) is 0 Å². The third-order valence-electron chi connectivity index (χ3n) is 2.56. The maximum absolute atomic E-state index is 13.2. The summed E-state index contributed by atoms with van der Waals surface area (Å²) in [5.74, 6) is 0.225. The highest BCUT2D eigenvalue weighted by Gasteiger charge is 2.07. The van der Waals surface area contributed by atoms with Crippen molar-refractivity contribution in [3.8, 4) is 5.75 Å². The Hall–Kier alpha value is -1.25. The Morgan fingerprint density at radius 1 is 1.17 bits per heavy atom. The van der Waals surface area contributed by atoms with Gasteiger partial charge in [-0.1, -0.05) is 41.4 Å². The van der Waals surface area contributed by atoms with E-state index in [1.807, 2.05) is 13.0 Å². The second kappa shape index (κ2) is 5.59. The second-order valence-corrected chi connectivity index (χ2v) is 4.73. The van der Waals surface area contributed by atoms with E-state index in [-0.39, 0.29) is 11.6 Å². The van der Waals surface area contributed by atoms with Crippen LogP contribution >= 0.6 is 23.2 Å². The van der Waals surface area contributed by atoms with Crippen molar-refractivity contribution in [1.29, 1.82) is 0 Å². The summed E-state index contributed by atoms with van der Waals surface area (Å²) in [5.41, 5.74) is 1.57. The lowest BCUT2D eigenvalue weighted by molar-refractivity contribution is 0.303. The number of hydrogen-bond donors (Lipinski definition) is 0. The average molecular weight is 285 g/mol. The first-order chi connectivity index (χ1) is 8.58. The van der Waals surface area contributed by atoms with Gasteiger partial charge in [0, 0.05) is 10.6 Å². The first-order valence-corrected chi connectivity index (χ1v) is 6.15. The molecule has 2 aromatic carbocycles. The zero-order chi connectivity index (χ0) is 13.1. The average Bonchev–Trinajstić information content (AvgIpc) is 2.35. The van der Waals surface area contributed by atoms with Gasteiger partial charge in [-0.15, -0.1) is 0 Å². The first kappa shape index (κ1) is 13.2. The number of halogens is 3. The van der Waals surface area contributed by atoms with Crippen LogP contribution in [0.15, 0.2) is 36.4 Å². The lowest BCUT2D eigenvalue weighted by Gasteiger charge is -2.10. The van der Waals surface area contributed by atoms with Gasteiger partial charge in [0.05, 0.1) is 5.02 Å². The fraction of sp³-hybridized carbons (Fsp3) is 0.143. The Balaban J connectivity index is 2.16. The van der Waals surface area contributed by atoms with Crippen molar-refractivity contribution >= 4 is 23.2 Å². The molecule has 0 aliphatic heterocycles. The molecule has 4 heteroatoms. The normalized spacial score (nSPS) is 10.4. The van der Waals surface area contributed by atoms with Gasteiger partial charge < -0.3 is 4.74 Å². The van der Waals surface area contributed by atoms with E-state index >= 15 is 0 Å². The SMILES string of the molecule is Cc1ccc(Cl)cc1OCc1cccc(F)c1Cl. The maximum atomic E-state index is 13.2. The van der Waals surface area contributed by atoms with Gasteiger partial charge in [-0.25, -0.2) is 4.39 Å². The molecule has 0 aliphatic rings. The van der Waals surface area contributed by atoms with Crippen LogP contribution in [0.25, 0.3) is 0 Å². The highest BCUT2D eigenvalue weighted by Crippen LogP contribution is 2.25. The fourth-order valence-electron chi connectivity index (χ4n) is 1.54. The van der Waals surface area contributed by atoms with Gasteiger partial charge in [0.2, 0.25) is 0 Å². The van der Waals surface area contributed by atoms with Crippen molar-refractivity contribution in [2.24, 2.45) is 0 Å². The van der Waals surface area contributed by atoms with Crippen LogP contribution in [0, 0.1) is 12.7 Å². The number of benzene rings is 2. The first-order valence-electron chi connectivity index (χ1n) is 5.40. The van der Waals surface area contributed by atoms with Crippen molar-refractivity contribution in [2.45, 2.75) is 13.5 Å². The van der Waals surface area contributed by atoms with Crippen LogP contribution < -0.4 is 4.74 Å². The molecule has 0 radical (unpaired) electrons. The number of rotatable bonds is 3. The van der Waals surface area contributed by atoms with Crippen molar-refractivity contribution in [3.05, 3.63) is 63.4 Å². The van der Waals surface area contributed by atoms with E-state index in [1.165, 1.54) is 6.07 Å². The largest absolute Gasteiger partial charge is 0.489 e. The van der Waals surface area contributed by atoms with Gasteiger partial charge in [-0.2, -0.15) is 0 Å². The van der Waals surface area contributed by atoms with Gasteiger partial charge in [-0.05, 0) is 30.7 Å². The molecule has 0 saturated heterocycles. The fourth-order valence-corrected chi connectivity index (χ4v) is 1.89. The summed E-state index contributed by atoms with van der Waals surface area (Å²) >= 11 is 11.7. The summed E-state index contributed by atoms with van der Waals surface area (Å²) in [6.45, 7) is 2.12. The van der Waals surface area contributed by atoms with E-state index in [0.717, 1.165) is 5.56 Å². The molecule has 0 aromatic heterocycles. The van der Waals surface area contributed by atoms with E-state index in [4.69, 9.17) is 27.9 Å². The Labute approximate surface area is 115 Å². The van der Waals surface area contributed by atoms with Crippen molar-refractivity contribution < 1.29 is 9.13 Å². The molecule has 94 valence electrons. The molecule has 0 unspecified atom stereocenters. The Bertz CT molecular complexity index is 568. The van der Waals surface area contributed by atoms with Crippen LogP contribution in [0.2, 0.25) is 10.0 Å². The Morgan fingerprint density at radius 3 is 2.72 bits per heavy atom.